The molecule has 0 amide bonds. The molecule has 0 aromatic carbocycles. The van der Waals surface area contributed by atoms with E-state index in [-0.39, 0.29) is 0 Å². The number of nitrogens with zero attached hydrogens (tertiary/aromatic N) is 2. The van der Waals surface area contributed by atoms with Crippen LogP contribution in [0.4, 0.5) is 0 Å². The largest absolute Gasteiger partial charge is 0.267 e. The van der Waals surface area contributed by atoms with Gasteiger partial charge in [0.15, 0.2) is 0 Å². The van der Waals surface area contributed by atoms with E-state index >= 15 is 0 Å². The number of halogens is 1. The average Bonchev–Trinajstić information content (AvgIpc) is 2.95. The van der Waals surface area contributed by atoms with Crippen LogP contribution in [-0.2, 0) is 6.54 Å². The predicted molar refractivity (Wildman–Crippen MR) is 50.8 cm³/mol. The Kier molecular flexibility index (Phi) is 1.66. The van der Waals surface area contributed by atoms with E-state index in [0.29, 0.717) is 5.92 Å². The van der Waals surface area contributed by atoms with Crippen LogP contribution in [0.3, 0.4) is 0 Å². The Morgan fingerprint density at radius 2 is 2.15 bits per heavy atom. The fourth-order valence-electron chi connectivity index (χ4n) is 1.76. The topological polar surface area (TPSA) is 17.8 Å². The van der Waals surface area contributed by atoms with E-state index in [4.69, 9.17) is 11.6 Å². The van der Waals surface area contributed by atoms with E-state index < -0.39 is 0 Å². The molecule has 0 saturated heterocycles. The molecule has 2 aliphatic carbocycles. The molecule has 0 spiro atoms. The highest BCUT2D eigenvalue weighted by atomic mass is 35.5. The number of hydrogen-bond donors (Lipinski definition) is 0. The molecule has 3 rings (SSSR count). The summed E-state index contributed by atoms with van der Waals surface area (Å²) in [4.78, 5) is 0. The highest BCUT2D eigenvalue weighted by Crippen LogP contribution is 2.43. The van der Waals surface area contributed by atoms with Gasteiger partial charge in [-0.15, -0.1) is 0 Å². The molecule has 1 aromatic heterocycles. The summed E-state index contributed by atoms with van der Waals surface area (Å²) < 4.78 is 2.08. The molecule has 13 heavy (non-hydrogen) atoms. The van der Waals surface area contributed by atoms with E-state index in [1.54, 1.807) is 0 Å². The van der Waals surface area contributed by atoms with Gasteiger partial charge in [0.25, 0.3) is 0 Å². The second kappa shape index (κ2) is 2.74. The summed E-state index contributed by atoms with van der Waals surface area (Å²) in [5.74, 6) is 1.55. The van der Waals surface area contributed by atoms with Crippen LogP contribution in [0, 0.1) is 12.1 Å². The summed E-state index contributed by atoms with van der Waals surface area (Å²) in [5.41, 5.74) is 1.24. The third-order valence-corrected chi connectivity index (χ3v) is 3.14. The monoisotopic (exact) mass is 195 g/mol. The first-order valence-electron chi connectivity index (χ1n) is 4.98. The molecule has 0 atom stereocenters. The Labute approximate surface area is 82.9 Å². The fourth-order valence-corrected chi connectivity index (χ4v) is 2.05. The molecule has 3 heteroatoms. The maximum absolute atomic E-state index is 6.04. The van der Waals surface area contributed by atoms with Crippen molar-refractivity contribution in [2.45, 2.75) is 38.1 Å². The van der Waals surface area contributed by atoms with Gasteiger partial charge in [0, 0.05) is 12.5 Å². The molecule has 1 heterocycles. The van der Waals surface area contributed by atoms with Gasteiger partial charge in [0.2, 0.25) is 0 Å². The Balaban J connectivity index is 1.88. The van der Waals surface area contributed by atoms with Crippen molar-refractivity contribution in [1.29, 1.82) is 0 Å². The third kappa shape index (κ3) is 1.48. The summed E-state index contributed by atoms with van der Waals surface area (Å²) in [7, 11) is 0. The zero-order valence-corrected chi connectivity index (χ0v) is 8.22. The lowest BCUT2D eigenvalue weighted by atomic mass is 10.3. The fraction of sp³-hybridized carbons (Fsp3) is 0.700. The molecule has 2 aliphatic rings. The summed E-state index contributed by atoms with van der Waals surface area (Å²) in [5, 5.41) is 4.97. The zero-order chi connectivity index (χ0) is 8.84. The summed E-state index contributed by atoms with van der Waals surface area (Å²) in [6.07, 6.45) is 8.16. The minimum absolute atomic E-state index is 0.685. The highest BCUT2D eigenvalue weighted by molar-refractivity contribution is 6.31. The molecule has 1 radical (unpaired) electrons. The number of hydrogen-bond acceptors (Lipinski definition) is 1. The standard InChI is InChI=1S/C10H12ClN2/c11-9-5-12-13(6-7-1-2-7)10(9)8-3-4-8/h7-8H,1-4,6H2. The van der Waals surface area contributed by atoms with Crippen LogP contribution in [0.5, 0.6) is 0 Å². The van der Waals surface area contributed by atoms with E-state index in [1.807, 2.05) is 0 Å². The second-order valence-electron chi connectivity index (χ2n) is 4.21. The molecule has 1 aromatic rings. The Morgan fingerprint density at radius 3 is 2.77 bits per heavy atom. The minimum Gasteiger partial charge on any atom is -0.267 e. The maximum atomic E-state index is 6.04. The summed E-state index contributed by atoms with van der Waals surface area (Å²) in [6.45, 7) is 1.06. The van der Waals surface area contributed by atoms with E-state index in [2.05, 4.69) is 16.0 Å². The van der Waals surface area contributed by atoms with Gasteiger partial charge < -0.3 is 0 Å². The molecular formula is C10H12ClN2. The normalized spacial score (nSPS) is 22.2. The van der Waals surface area contributed by atoms with Crippen molar-refractivity contribution in [2.24, 2.45) is 5.92 Å². The highest BCUT2D eigenvalue weighted by Gasteiger charge is 2.32. The summed E-state index contributed by atoms with van der Waals surface area (Å²) >= 11 is 6.04. The third-order valence-electron chi connectivity index (χ3n) is 2.86. The van der Waals surface area contributed by atoms with Gasteiger partial charge in [0.05, 0.1) is 10.7 Å². The smallest absolute Gasteiger partial charge is 0.133 e. The van der Waals surface area contributed by atoms with Gasteiger partial charge in [0.1, 0.15) is 6.20 Å². The lowest BCUT2D eigenvalue weighted by Crippen LogP contribution is -2.05. The molecule has 0 N–H and O–H groups in total. The minimum atomic E-state index is 0.685. The van der Waals surface area contributed by atoms with Crippen molar-refractivity contribution in [2.75, 3.05) is 0 Å². The first kappa shape index (κ1) is 7.86. The maximum Gasteiger partial charge on any atom is 0.133 e. The quantitative estimate of drug-likeness (QED) is 0.725. The van der Waals surface area contributed by atoms with E-state index in [9.17, 15) is 0 Å². The van der Waals surface area contributed by atoms with Crippen molar-refractivity contribution in [3.63, 3.8) is 0 Å². The molecule has 2 nitrogen and oxygen atoms in total. The summed E-state index contributed by atoms with van der Waals surface area (Å²) in [6, 6.07) is 0. The van der Waals surface area contributed by atoms with Crippen molar-refractivity contribution < 1.29 is 0 Å². The van der Waals surface area contributed by atoms with Crippen molar-refractivity contribution in [1.82, 2.24) is 9.78 Å². The number of rotatable bonds is 3. The van der Waals surface area contributed by atoms with Gasteiger partial charge in [-0.1, -0.05) is 11.6 Å². The van der Waals surface area contributed by atoms with E-state index in [1.165, 1.54) is 31.4 Å². The molecule has 2 fully saturated rings. The van der Waals surface area contributed by atoms with Crippen LogP contribution >= 0.6 is 11.6 Å². The van der Waals surface area contributed by atoms with Crippen LogP contribution in [0.15, 0.2) is 0 Å². The second-order valence-corrected chi connectivity index (χ2v) is 4.59. The Hall–Kier alpha value is -0.500. The SMILES string of the molecule is Clc1[c]nn(CC2CC2)c1C1CC1. The van der Waals surface area contributed by atoms with Gasteiger partial charge >= 0.3 is 0 Å². The van der Waals surface area contributed by atoms with Gasteiger partial charge in [-0.3, -0.25) is 4.68 Å². The Morgan fingerprint density at radius 1 is 1.38 bits per heavy atom. The van der Waals surface area contributed by atoms with Crippen LogP contribution < -0.4 is 0 Å². The van der Waals surface area contributed by atoms with Gasteiger partial charge in [-0.25, -0.2) is 0 Å². The van der Waals surface area contributed by atoms with Crippen LogP contribution in [0.25, 0.3) is 0 Å². The van der Waals surface area contributed by atoms with Gasteiger partial charge in [-0.05, 0) is 31.6 Å². The first-order valence-corrected chi connectivity index (χ1v) is 5.36. The predicted octanol–water partition coefficient (Wildman–Crippen LogP) is 2.62. The van der Waals surface area contributed by atoms with Crippen molar-refractivity contribution >= 4 is 11.6 Å². The van der Waals surface area contributed by atoms with Crippen molar-refractivity contribution in [3.8, 4) is 0 Å². The molecular weight excluding hydrogens is 184 g/mol. The molecule has 2 saturated carbocycles. The number of aromatic nitrogens is 2. The van der Waals surface area contributed by atoms with Crippen LogP contribution in [0.2, 0.25) is 5.02 Å². The molecule has 0 aliphatic heterocycles. The van der Waals surface area contributed by atoms with Crippen LogP contribution in [0.1, 0.15) is 37.3 Å². The average molecular weight is 196 g/mol. The lowest BCUT2D eigenvalue weighted by Gasteiger charge is -2.04. The Bertz CT molecular complexity index is 324. The lowest BCUT2D eigenvalue weighted by molar-refractivity contribution is 0.539. The first-order chi connectivity index (χ1) is 6.34. The molecule has 69 valence electrons. The molecule has 0 unspecified atom stereocenters. The van der Waals surface area contributed by atoms with Gasteiger partial charge in [-0.2, -0.15) is 5.10 Å². The van der Waals surface area contributed by atoms with E-state index in [0.717, 1.165) is 17.5 Å². The zero-order valence-electron chi connectivity index (χ0n) is 7.46. The van der Waals surface area contributed by atoms with Crippen molar-refractivity contribution in [3.05, 3.63) is 16.9 Å². The van der Waals surface area contributed by atoms with Crippen LogP contribution in [-0.4, -0.2) is 9.78 Å². The molecule has 0 bridgehead atoms.